The zero-order valence-electron chi connectivity index (χ0n) is 101. The van der Waals surface area contributed by atoms with Crippen LogP contribution in [0.15, 0.2) is 209 Å². The summed E-state index contributed by atoms with van der Waals surface area (Å²) in [7, 11) is 0. The second-order valence-corrected chi connectivity index (χ2v) is 52.6. The Kier molecular flexibility index (Phi) is 61.5. The lowest BCUT2D eigenvalue weighted by Gasteiger charge is -2.35. The van der Waals surface area contributed by atoms with Gasteiger partial charge in [0.05, 0.1) is 0 Å². The summed E-state index contributed by atoms with van der Waals surface area (Å²) in [6.07, 6.45) is 28.8. The molecule has 0 bridgehead atoms. The Morgan fingerprint density at radius 3 is 0.857 bits per heavy atom. The molecule has 790 valence electrons. The molecular formula is C137H226N2O. The van der Waals surface area contributed by atoms with Crippen LogP contribution < -0.4 is 5.56 Å². The van der Waals surface area contributed by atoms with Crippen molar-refractivity contribution in [3.05, 3.63) is 282 Å². The van der Waals surface area contributed by atoms with Crippen LogP contribution in [0.25, 0.3) is 0 Å². The molecular weight excluding hydrogens is 1690 g/mol. The lowest BCUT2D eigenvalue weighted by molar-refractivity contribution is 0.289. The van der Waals surface area contributed by atoms with Crippen LogP contribution in [-0.2, 0) is 25.7 Å². The highest BCUT2D eigenvalue weighted by atomic mass is 16.1. The lowest BCUT2D eigenvalue weighted by Crippen LogP contribution is -2.22. The van der Waals surface area contributed by atoms with Gasteiger partial charge in [0, 0.05) is 36.1 Å². The van der Waals surface area contributed by atoms with Gasteiger partial charge >= 0.3 is 0 Å². The van der Waals surface area contributed by atoms with Crippen LogP contribution in [0.5, 0.6) is 0 Å². The quantitative estimate of drug-likeness (QED) is 0.120. The van der Waals surface area contributed by atoms with E-state index < -0.39 is 0 Å². The Balaban J connectivity index is 0.000000765. The van der Waals surface area contributed by atoms with Crippen LogP contribution >= 0.6 is 0 Å². The van der Waals surface area contributed by atoms with E-state index in [0.29, 0.717) is 69.0 Å². The van der Waals surface area contributed by atoms with E-state index in [-0.39, 0.29) is 11.6 Å². The molecule has 6 atom stereocenters. The minimum atomic E-state index is 0.0983. The van der Waals surface area contributed by atoms with Crippen LogP contribution in [0.4, 0.5) is 0 Å². The van der Waals surface area contributed by atoms with Gasteiger partial charge in [-0.1, -0.05) is 488 Å². The van der Waals surface area contributed by atoms with Crippen molar-refractivity contribution in [2.75, 3.05) is 0 Å². The van der Waals surface area contributed by atoms with E-state index in [4.69, 9.17) is 0 Å². The van der Waals surface area contributed by atoms with E-state index in [0.717, 1.165) is 88.9 Å². The first-order chi connectivity index (χ1) is 64.9. The molecule has 6 aromatic carbocycles. The second-order valence-electron chi connectivity index (χ2n) is 52.6. The molecule has 7 aromatic rings. The van der Waals surface area contributed by atoms with Crippen molar-refractivity contribution in [1.82, 2.24) is 4.57 Å². The Bertz CT molecular complexity index is 4390. The maximum Gasteiger partial charge on any atom is 0.251 e. The molecule has 14 rings (SSSR count). The highest BCUT2D eigenvalue weighted by molar-refractivity contribution is 5.90. The molecule has 0 radical (unpaired) electrons. The molecule has 3 heteroatoms. The standard InChI is InChI=1S/2C14H20.2C13H18.2C12H18.C11H17NO.C11H22.C11H18.C10H17N.4C4H10/c2*1-14(2,3)13-10-6-8-11-7-4-5-9-12(11)13;2*1-13(2,3)12-9-8-10-6-4-5-7-11(10)12;1-9(2)11-6-5-7-12(8-11)10(3)4;1-9(2)11-7-5-6-8-12(11)10(3)4;1-8(2)10-5-6-12(9(3)4)11(13)7-10;2*1-8(2)10-5-6-11(7-10)9(3)4;1-7(2)9-5-6-10(11-9)8(3)4;4*1-4(2)3/h2*4-5,7,9,13H,6,8,10H2,1-3H3;2*4-7,12H,8-9H2,1-3H3;2*5-10H,1-4H3;5-9H,1-4H3;8-11H,5-7H2,1-4H3;5,7-9H,6H2,1-4H3;5,7-8H,6H2,1-4H3;4*4H,1-3H3. The van der Waals surface area contributed by atoms with E-state index >= 15 is 0 Å². The number of pyridine rings is 1. The largest absolute Gasteiger partial charge is 0.313 e. The fraction of sp³-hybridized carbons (Fsp3) is 0.650. The van der Waals surface area contributed by atoms with E-state index in [2.05, 4.69) is 487 Å². The summed E-state index contributed by atoms with van der Waals surface area (Å²) in [4.78, 5) is 16.1. The predicted octanol–water partition coefficient (Wildman–Crippen LogP) is 43.2. The van der Waals surface area contributed by atoms with E-state index in [1.165, 1.54) is 129 Å². The second kappa shape index (κ2) is 65.6. The maximum atomic E-state index is 11.5. The van der Waals surface area contributed by atoms with Gasteiger partial charge in [0.15, 0.2) is 0 Å². The number of allylic oxidation sites excluding steroid dienone is 6. The van der Waals surface area contributed by atoms with Gasteiger partial charge in [-0.25, -0.2) is 0 Å². The van der Waals surface area contributed by atoms with Crippen molar-refractivity contribution in [2.24, 2.45) is 97.7 Å². The van der Waals surface area contributed by atoms with Crippen LogP contribution in [-0.4, -0.2) is 10.3 Å². The molecule has 6 aliphatic carbocycles. The van der Waals surface area contributed by atoms with E-state index in [1.807, 2.05) is 26.1 Å². The number of hydrogen-bond donors (Lipinski definition) is 0. The normalized spacial score (nSPS) is 17.7. The van der Waals surface area contributed by atoms with Gasteiger partial charge in [-0.3, -0.25) is 9.79 Å². The minimum absolute atomic E-state index is 0.0983. The van der Waals surface area contributed by atoms with Gasteiger partial charge in [-0.15, -0.1) is 0 Å². The molecule has 3 nitrogen and oxygen atoms in total. The SMILES string of the molecule is CC(C)(C)C1CCCc2ccccc21.CC(C)(C)C1CCCc2ccccc21.CC(C)(C)C1CCc2ccccc21.CC(C)(C)C1CCc2ccccc21.CC(C)C.CC(C)C.CC(C)C.CC(C)C.CC(C)C1=CCC(C(C)C)=C1.CC(C)C1=CCC(C(C)C)=N1.CC(C)C1CCC(C(C)C)C1.CC(C)c1cccc(C(C)C)c1.CC(C)c1ccccc1C(C)C.CC(C)c1ccn(C(C)C)c(=O)c1. The zero-order valence-corrected chi connectivity index (χ0v) is 101. The molecule has 1 aliphatic heterocycles. The predicted molar refractivity (Wildman–Crippen MR) is 634 cm³/mol. The van der Waals surface area contributed by atoms with Crippen molar-refractivity contribution >= 4 is 5.71 Å². The van der Waals surface area contributed by atoms with Gasteiger partial charge in [0.1, 0.15) is 0 Å². The van der Waals surface area contributed by atoms with E-state index in [1.54, 1.807) is 60.7 Å². The molecule has 1 saturated carbocycles. The van der Waals surface area contributed by atoms with Gasteiger partial charge in [0.25, 0.3) is 5.56 Å². The summed E-state index contributed by atoms with van der Waals surface area (Å²) in [6, 6.07) is 57.4. The maximum absolute atomic E-state index is 11.5. The zero-order chi connectivity index (χ0) is 107. The Morgan fingerprint density at radius 2 is 0.614 bits per heavy atom. The topological polar surface area (TPSA) is 34.4 Å². The Labute approximate surface area is 871 Å². The number of aliphatic imine (C=N–C) groups is 1. The van der Waals surface area contributed by atoms with Crippen LogP contribution in [0, 0.1) is 92.7 Å². The molecule has 140 heavy (non-hydrogen) atoms. The number of aromatic nitrogens is 1. The van der Waals surface area contributed by atoms with Gasteiger partial charge in [-0.2, -0.15) is 0 Å². The number of benzene rings is 6. The van der Waals surface area contributed by atoms with Crippen molar-refractivity contribution in [1.29, 1.82) is 0 Å². The van der Waals surface area contributed by atoms with Crippen molar-refractivity contribution in [2.45, 2.75) is 488 Å². The van der Waals surface area contributed by atoms with Gasteiger partial charge in [-0.05, 0) is 334 Å². The van der Waals surface area contributed by atoms with E-state index in [9.17, 15) is 4.79 Å². The smallest absolute Gasteiger partial charge is 0.251 e. The summed E-state index contributed by atoms with van der Waals surface area (Å²) in [5.41, 5.74) is 27.2. The number of aryl methyl sites for hydroxylation is 4. The summed E-state index contributed by atoms with van der Waals surface area (Å²) >= 11 is 0. The van der Waals surface area contributed by atoms with Crippen molar-refractivity contribution in [3.8, 4) is 0 Å². The third-order valence-electron chi connectivity index (χ3n) is 27.6. The minimum Gasteiger partial charge on any atom is -0.313 e. The first-order valence-corrected chi connectivity index (χ1v) is 56.8. The molecule has 0 amide bonds. The van der Waals surface area contributed by atoms with Crippen molar-refractivity contribution in [3.63, 3.8) is 0 Å². The van der Waals surface area contributed by atoms with Crippen molar-refractivity contribution < 1.29 is 0 Å². The fourth-order valence-electron chi connectivity index (χ4n) is 19.2. The molecule has 1 aromatic heterocycles. The number of fused-ring (bicyclic) bond motifs is 4. The van der Waals surface area contributed by atoms with Gasteiger partial charge in [0.2, 0.25) is 0 Å². The highest BCUT2D eigenvalue weighted by Gasteiger charge is 2.35. The summed E-state index contributed by atoms with van der Waals surface area (Å²) in [5.74, 6) is 15.9. The molecule has 0 N–H and O–H groups in total. The fourth-order valence-corrected chi connectivity index (χ4v) is 19.2. The molecule has 0 spiro atoms. The summed E-state index contributed by atoms with van der Waals surface area (Å²) in [6.45, 7) is 108. The van der Waals surface area contributed by atoms with Crippen LogP contribution in [0.3, 0.4) is 0 Å². The third kappa shape index (κ3) is 51.3. The highest BCUT2D eigenvalue weighted by Crippen LogP contribution is 2.48. The van der Waals surface area contributed by atoms with Crippen LogP contribution in [0.1, 0.15) is 535 Å². The average Bonchev–Trinajstić information content (AvgIpc) is 1.80. The molecule has 0 saturated heterocycles. The first kappa shape index (κ1) is 131. The molecule has 7 aliphatic rings. The number of rotatable bonds is 12. The van der Waals surface area contributed by atoms with Crippen LogP contribution in [0.2, 0.25) is 0 Å². The Morgan fingerprint density at radius 1 is 0.300 bits per heavy atom. The number of hydrogen-bond acceptors (Lipinski definition) is 2. The Hall–Kier alpha value is -6.84. The molecule has 2 heterocycles. The molecule has 6 unspecified atom stereocenters. The summed E-state index contributed by atoms with van der Waals surface area (Å²) in [5, 5.41) is 0. The average molecular weight is 1920 g/mol. The lowest BCUT2D eigenvalue weighted by atomic mass is 9.69. The molecule has 1 fully saturated rings. The third-order valence-corrected chi connectivity index (χ3v) is 27.6. The summed E-state index contributed by atoms with van der Waals surface area (Å²) < 4.78 is 1.74. The monoisotopic (exact) mass is 1920 g/mol. The van der Waals surface area contributed by atoms with Gasteiger partial charge < -0.3 is 4.57 Å². The number of nitrogens with zero attached hydrogens (tertiary/aromatic N) is 2. The first-order valence-electron chi connectivity index (χ1n) is 56.8.